The average molecular weight is 298 g/mol. The van der Waals surface area contributed by atoms with Crippen LogP contribution < -0.4 is 11.1 Å². The number of nitrogens with two attached hydrogens (primary N) is 1. The molecule has 0 atom stereocenters. The second-order valence-corrected chi connectivity index (χ2v) is 5.88. The van der Waals surface area contributed by atoms with E-state index in [1.165, 1.54) is 57.8 Å². The largest absolute Gasteiger partial charge is 0.370 e. The number of primary amides is 1. The predicted octanol–water partition coefficient (Wildman–Crippen LogP) is 3.68. The third kappa shape index (κ3) is 16.9. The minimum absolute atomic E-state index is 0.158. The SMILES string of the molecule is CNC(=O)CCCCCCCCCCCCCCC(N)=O. The molecule has 0 saturated heterocycles. The number of hydrogen-bond acceptors (Lipinski definition) is 2. The Morgan fingerprint density at radius 3 is 1.33 bits per heavy atom. The molecule has 0 heterocycles. The van der Waals surface area contributed by atoms with Gasteiger partial charge >= 0.3 is 0 Å². The van der Waals surface area contributed by atoms with Crippen LogP contribution in [0, 0.1) is 0 Å². The lowest BCUT2D eigenvalue weighted by Gasteiger charge is -2.03. The zero-order valence-corrected chi connectivity index (χ0v) is 13.8. The second kappa shape index (κ2) is 15.3. The fourth-order valence-electron chi connectivity index (χ4n) is 2.48. The van der Waals surface area contributed by atoms with Gasteiger partial charge < -0.3 is 11.1 Å². The van der Waals surface area contributed by atoms with Crippen LogP contribution in [0.2, 0.25) is 0 Å². The van der Waals surface area contributed by atoms with Gasteiger partial charge in [0.2, 0.25) is 11.8 Å². The monoisotopic (exact) mass is 298 g/mol. The van der Waals surface area contributed by atoms with Gasteiger partial charge in [-0.15, -0.1) is 0 Å². The van der Waals surface area contributed by atoms with Crippen LogP contribution in [0.3, 0.4) is 0 Å². The maximum Gasteiger partial charge on any atom is 0.219 e. The molecule has 0 fully saturated rings. The highest BCUT2D eigenvalue weighted by atomic mass is 16.1. The highest BCUT2D eigenvalue weighted by Gasteiger charge is 1.98. The van der Waals surface area contributed by atoms with Crippen molar-refractivity contribution in [2.45, 2.75) is 89.9 Å². The van der Waals surface area contributed by atoms with E-state index < -0.39 is 0 Å². The minimum Gasteiger partial charge on any atom is -0.370 e. The summed E-state index contributed by atoms with van der Waals surface area (Å²) in [4.78, 5) is 21.6. The Labute approximate surface area is 130 Å². The van der Waals surface area contributed by atoms with Crippen molar-refractivity contribution in [2.24, 2.45) is 5.73 Å². The molecule has 0 unspecified atom stereocenters. The molecule has 2 amide bonds. The number of nitrogens with one attached hydrogen (secondary N) is 1. The molecule has 0 aromatic heterocycles. The molecule has 0 spiro atoms. The quantitative estimate of drug-likeness (QED) is 0.453. The molecular weight excluding hydrogens is 264 g/mol. The van der Waals surface area contributed by atoms with Crippen molar-refractivity contribution in [3.05, 3.63) is 0 Å². The first kappa shape index (κ1) is 19.9. The third-order valence-electron chi connectivity index (χ3n) is 3.86. The summed E-state index contributed by atoms with van der Waals surface area (Å²) >= 11 is 0. The van der Waals surface area contributed by atoms with Crippen molar-refractivity contribution in [1.82, 2.24) is 5.32 Å². The van der Waals surface area contributed by atoms with Crippen LogP contribution in [0.1, 0.15) is 89.9 Å². The van der Waals surface area contributed by atoms with Crippen LogP contribution in [-0.2, 0) is 9.59 Å². The van der Waals surface area contributed by atoms with E-state index in [1.807, 2.05) is 0 Å². The van der Waals surface area contributed by atoms with Crippen LogP contribution >= 0.6 is 0 Å². The maximum atomic E-state index is 11.0. The third-order valence-corrected chi connectivity index (χ3v) is 3.86. The fraction of sp³-hybridized carbons (Fsp3) is 0.882. The number of unbranched alkanes of at least 4 members (excludes halogenated alkanes) is 11. The van der Waals surface area contributed by atoms with Gasteiger partial charge in [-0.1, -0.05) is 64.2 Å². The predicted molar refractivity (Wildman–Crippen MR) is 87.9 cm³/mol. The summed E-state index contributed by atoms with van der Waals surface area (Å²) in [5.41, 5.74) is 5.09. The van der Waals surface area contributed by atoms with Crippen molar-refractivity contribution in [3.8, 4) is 0 Å². The standard InChI is InChI=1S/C17H34N2O2/c1-19-17(21)15-13-11-9-7-5-3-2-4-6-8-10-12-14-16(18)20/h2-15H2,1H3,(H2,18,20)(H,19,21). The number of hydrogen-bond donors (Lipinski definition) is 2. The molecule has 21 heavy (non-hydrogen) atoms. The summed E-state index contributed by atoms with van der Waals surface area (Å²) in [6, 6.07) is 0. The molecule has 0 bridgehead atoms. The molecule has 0 aliphatic carbocycles. The van der Waals surface area contributed by atoms with E-state index >= 15 is 0 Å². The average Bonchev–Trinajstić information content (AvgIpc) is 2.46. The van der Waals surface area contributed by atoms with Gasteiger partial charge in [0.1, 0.15) is 0 Å². The van der Waals surface area contributed by atoms with Crippen molar-refractivity contribution in [3.63, 3.8) is 0 Å². The van der Waals surface area contributed by atoms with Crippen LogP contribution in [0.15, 0.2) is 0 Å². The minimum atomic E-state index is -0.176. The van der Waals surface area contributed by atoms with Gasteiger partial charge in [0.15, 0.2) is 0 Å². The fourth-order valence-corrected chi connectivity index (χ4v) is 2.48. The zero-order valence-electron chi connectivity index (χ0n) is 13.8. The normalized spacial score (nSPS) is 10.5. The highest BCUT2D eigenvalue weighted by molar-refractivity contribution is 5.75. The summed E-state index contributed by atoms with van der Waals surface area (Å²) in [6.45, 7) is 0. The van der Waals surface area contributed by atoms with Crippen molar-refractivity contribution < 1.29 is 9.59 Å². The summed E-state index contributed by atoms with van der Waals surface area (Å²) in [7, 11) is 1.69. The first-order valence-corrected chi connectivity index (χ1v) is 8.65. The summed E-state index contributed by atoms with van der Waals surface area (Å²) in [5, 5.41) is 2.65. The number of amides is 2. The molecule has 0 aromatic carbocycles. The zero-order chi connectivity index (χ0) is 15.8. The van der Waals surface area contributed by atoms with E-state index in [4.69, 9.17) is 5.73 Å². The molecule has 0 aliphatic heterocycles. The smallest absolute Gasteiger partial charge is 0.219 e. The Morgan fingerprint density at radius 2 is 1.00 bits per heavy atom. The van der Waals surface area contributed by atoms with Crippen LogP contribution in [0.4, 0.5) is 0 Å². The first-order valence-electron chi connectivity index (χ1n) is 8.65. The molecule has 0 aliphatic rings. The lowest BCUT2D eigenvalue weighted by Crippen LogP contribution is -2.16. The molecule has 3 N–H and O–H groups in total. The Kier molecular flexibility index (Phi) is 14.6. The van der Waals surface area contributed by atoms with Crippen LogP contribution in [0.5, 0.6) is 0 Å². The molecular formula is C17H34N2O2. The number of carbonyl (C=O) groups is 2. The summed E-state index contributed by atoms with van der Waals surface area (Å²) in [5.74, 6) is -0.0175. The van der Waals surface area contributed by atoms with Gasteiger partial charge in [-0.05, 0) is 12.8 Å². The summed E-state index contributed by atoms with van der Waals surface area (Å²) in [6.07, 6.45) is 15.8. The first-order chi connectivity index (χ1) is 10.2. The van der Waals surface area contributed by atoms with E-state index in [1.54, 1.807) is 7.05 Å². The van der Waals surface area contributed by atoms with Crippen molar-refractivity contribution in [1.29, 1.82) is 0 Å². The van der Waals surface area contributed by atoms with Crippen molar-refractivity contribution in [2.75, 3.05) is 7.05 Å². The molecule has 4 nitrogen and oxygen atoms in total. The lowest BCUT2D eigenvalue weighted by atomic mass is 10.0. The van der Waals surface area contributed by atoms with E-state index in [-0.39, 0.29) is 11.8 Å². The molecule has 0 rings (SSSR count). The number of rotatable bonds is 15. The van der Waals surface area contributed by atoms with E-state index in [2.05, 4.69) is 5.32 Å². The Morgan fingerprint density at radius 1 is 0.667 bits per heavy atom. The Balaban J connectivity index is 3.02. The van der Waals surface area contributed by atoms with Crippen LogP contribution in [0.25, 0.3) is 0 Å². The second-order valence-electron chi connectivity index (χ2n) is 5.88. The van der Waals surface area contributed by atoms with Gasteiger partial charge in [0.05, 0.1) is 0 Å². The maximum absolute atomic E-state index is 11.0. The van der Waals surface area contributed by atoms with E-state index in [0.717, 1.165) is 19.3 Å². The van der Waals surface area contributed by atoms with E-state index in [0.29, 0.717) is 12.8 Å². The molecule has 0 radical (unpaired) electrons. The number of carbonyl (C=O) groups excluding carboxylic acids is 2. The lowest BCUT2D eigenvalue weighted by molar-refractivity contribution is -0.120. The van der Waals surface area contributed by atoms with Gasteiger partial charge in [0.25, 0.3) is 0 Å². The molecule has 4 heteroatoms. The van der Waals surface area contributed by atoms with Gasteiger partial charge in [0, 0.05) is 19.9 Å². The molecule has 0 aromatic rings. The van der Waals surface area contributed by atoms with Crippen molar-refractivity contribution >= 4 is 11.8 Å². The van der Waals surface area contributed by atoms with Gasteiger partial charge in [-0.2, -0.15) is 0 Å². The topological polar surface area (TPSA) is 72.2 Å². The Hall–Kier alpha value is -1.06. The van der Waals surface area contributed by atoms with Gasteiger partial charge in [-0.25, -0.2) is 0 Å². The Bertz CT molecular complexity index is 268. The van der Waals surface area contributed by atoms with Gasteiger partial charge in [-0.3, -0.25) is 9.59 Å². The van der Waals surface area contributed by atoms with E-state index in [9.17, 15) is 9.59 Å². The molecule has 124 valence electrons. The summed E-state index contributed by atoms with van der Waals surface area (Å²) < 4.78 is 0. The van der Waals surface area contributed by atoms with Crippen LogP contribution in [-0.4, -0.2) is 18.9 Å². The molecule has 0 saturated carbocycles. The highest BCUT2D eigenvalue weighted by Crippen LogP contribution is 2.12.